The summed E-state index contributed by atoms with van der Waals surface area (Å²) in [4.78, 5) is 18.8. The van der Waals surface area contributed by atoms with Crippen LogP contribution in [0.3, 0.4) is 0 Å². The van der Waals surface area contributed by atoms with Gasteiger partial charge in [-0.2, -0.15) is 0 Å². The minimum absolute atomic E-state index is 0.0701. The van der Waals surface area contributed by atoms with Gasteiger partial charge in [0.1, 0.15) is 6.33 Å². The van der Waals surface area contributed by atoms with E-state index in [4.69, 9.17) is 5.11 Å². The molecule has 0 saturated heterocycles. The van der Waals surface area contributed by atoms with Gasteiger partial charge in [0.15, 0.2) is 10.8 Å². The number of rotatable bonds is 2. The average Bonchev–Trinajstić information content (AvgIpc) is 2.76. The average molecular weight is 223 g/mol. The van der Waals surface area contributed by atoms with Gasteiger partial charge in [0.05, 0.1) is 5.69 Å². The molecule has 0 spiro atoms. The number of carboxylic acid groups (broad SMARTS) is 1. The molecule has 0 aliphatic heterocycles. The lowest BCUT2D eigenvalue weighted by Crippen LogP contribution is -1.99. The summed E-state index contributed by atoms with van der Waals surface area (Å²) >= 11 is 1.29. The Kier molecular flexibility index (Phi) is 2.28. The van der Waals surface area contributed by atoms with E-state index in [1.54, 1.807) is 10.9 Å². The summed E-state index contributed by atoms with van der Waals surface area (Å²) in [5, 5.41) is 10.9. The van der Waals surface area contributed by atoms with Crippen molar-refractivity contribution in [2.45, 2.75) is 13.8 Å². The van der Waals surface area contributed by atoms with E-state index in [0.29, 0.717) is 5.13 Å². The first-order chi connectivity index (χ1) is 7.09. The summed E-state index contributed by atoms with van der Waals surface area (Å²) in [7, 11) is 0. The number of nitrogens with zero attached hydrogens (tertiary/aromatic N) is 3. The lowest BCUT2D eigenvalue weighted by atomic mass is 10.4. The second kappa shape index (κ2) is 3.47. The molecule has 0 fully saturated rings. The molecule has 0 radical (unpaired) electrons. The lowest BCUT2D eigenvalue weighted by molar-refractivity contribution is 0.0691. The Balaban J connectivity index is 2.46. The van der Waals surface area contributed by atoms with Crippen LogP contribution in [0, 0.1) is 13.8 Å². The van der Waals surface area contributed by atoms with Crippen molar-refractivity contribution in [1.29, 1.82) is 0 Å². The molecule has 0 aliphatic rings. The van der Waals surface area contributed by atoms with Gasteiger partial charge in [0.25, 0.3) is 0 Å². The number of imidazole rings is 1. The summed E-state index contributed by atoms with van der Waals surface area (Å²) in [5.74, 6) is -1.01. The normalized spacial score (nSPS) is 10.5. The maximum absolute atomic E-state index is 10.7. The van der Waals surface area contributed by atoms with Gasteiger partial charge >= 0.3 is 5.97 Å². The molecule has 0 unspecified atom stereocenters. The number of carbonyl (C=O) groups is 1. The fraction of sp³-hybridized carbons (Fsp3) is 0.222. The summed E-state index contributed by atoms with van der Waals surface area (Å²) in [6, 6.07) is 0. The number of aromatic carboxylic acids is 1. The number of carboxylic acids is 1. The Morgan fingerprint density at radius 2 is 2.27 bits per heavy atom. The fourth-order valence-corrected chi connectivity index (χ4v) is 1.98. The summed E-state index contributed by atoms with van der Waals surface area (Å²) in [5.41, 5.74) is 1.96. The Labute approximate surface area is 90.0 Å². The van der Waals surface area contributed by atoms with Crippen molar-refractivity contribution in [3.05, 3.63) is 28.8 Å². The first kappa shape index (κ1) is 9.85. The second-order valence-electron chi connectivity index (χ2n) is 3.11. The number of aromatic nitrogens is 3. The summed E-state index contributed by atoms with van der Waals surface area (Å²) in [6.45, 7) is 3.82. The molecule has 0 aromatic carbocycles. The van der Waals surface area contributed by atoms with Crippen molar-refractivity contribution in [2.24, 2.45) is 0 Å². The van der Waals surface area contributed by atoms with Crippen LogP contribution in [0.25, 0.3) is 5.13 Å². The summed E-state index contributed by atoms with van der Waals surface area (Å²) < 4.78 is 1.78. The number of hydrogen-bond donors (Lipinski definition) is 1. The topological polar surface area (TPSA) is 68.0 Å². The van der Waals surface area contributed by atoms with Crippen LogP contribution < -0.4 is 0 Å². The molecule has 78 valence electrons. The fourth-order valence-electron chi connectivity index (χ4n) is 1.16. The van der Waals surface area contributed by atoms with E-state index in [1.807, 2.05) is 13.8 Å². The molecule has 6 heteroatoms. The molecule has 0 bridgehead atoms. The smallest absolute Gasteiger partial charge is 0.355 e. The van der Waals surface area contributed by atoms with Gasteiger partial charge < -0.3 is 5.11 Å². The van der Waals surface area contributed by atoms with Gasteiger partial charge in [-0.15, -0.1) is 11.3 Å². The molecular weight excluding hydrogens is 214 g/mol. The van der Waals surface area contributed by atoms with Crippen molar-refractivity contribution in [3.8, 4) is 5.13 Å². The van der Waals surface area contributed by atoms with Crippen molar-refractivity contribution < 1.29 is 9.90 Å². The molecule has 2 heterocycles. The van der Waals surface area contributed by atoms with Crippen LogP contribution in [0.2, 0.25) is 0 Å². The number of hydrogen-bond acceptors (Lipinski definition) is 4. The molecule has 0 aliphatic carbocycles. The van der Waals surface area contributed by atoms with Crippen molar-refractivity contribution >= 4 is 17.3 Å². The maximum atomic E-state index is 10.7. The zero-order valence-electron chi connectivity index (χ0n) is 8.26. The highest BCUT2D eigenvalue weighted by Crippen LogP contribution is 2.18. The Hall–Kier alpha value is -1.69. The first-order valence-corrected chi connectivity index (χ1v) is 5.17. The van der Waals surface area contributed by atoms with E-state index >= 15 is 0 Å². The van der Waals surface area contributed by atoms with Crippen molar-refractivity contribution in [1.82, 2.24) is 14.5 Å². The highest BCUT2D eigenvalue weighted by molar-refractivity contribution is 7.12. The molecule has 0 saturated carbocycles. The van der Waals surface area contributed by atoms with Crippen LogP contribution in [0.15, 0.2) is 11.7 Å². The molecule has 2 rings (SSSR count). The third kappa shape index (κ3) is 1.63. The minimum Gasteiger partial charge on any atom is -0.476 e. The van der Waals surface area contributed by atoms with Crippen LogP contribution in [-0.2, 0) is 0 Å². The van der Waals surface area contributed by atoms with Gasteiger partial charge in [-0.3, -0.25) is 4.57 Å². The number of thiazole rings is 1. The van der Waals surface area contributed by atoms with E-state index in [9.17, 15) is 4.79 Å². The summed E-state index contributed by atoms with van der Waals surface area (Å²) in [6.07, 6.45) is 1.65. The minimum atomic E-state index is -1.01. The second-order valence-corrected chi connectivity index (χ2v) is 3.94. The molecule has 15 heavy (non-hydrogen) atoms. The Bertz CT molecular complexity index is 515. The molecule has 1 N–H and O–H groups in total. The third-order valence-corrected chi connectivity index (χ3v) is 3.01. The van der Waals surface area contributed by atoms with Crippen LogP contribution in [0.4, 0.5) is 0 Å². The van der Waals surface area contributed by atoms with E-state index in [0.717, 1.165) is 11.4 Å². The maximum Gasteiger partial charge on any atom is 0.355 e. The van der Waals surface area contributed by atoms with E-state index in [2.05, 4.69) is 9.97 Å². The quantitative estimate of drug-likeness (QED) is 0.840. The molecular formula is C9H9N3O2S. The van der Waals surface area contributed by atoms with Crippen LogP contribution in [0.1, 0.15) is 21.9 Å². The largest absolute Gasteiger partial charge is 0.476 e. The molecule has 0 amide bonds. The first-order valence-electron chi connectivity index (χ1n) is 4.29. The van der Waals surface area contributed by atoms with Gasteiger partial charge in [0, 0.05) is 11.1 Å². The van der Waals surface area contributed by atoms with Crippen LogP contribution in [0.5, 0.6) is 0 Å². The van der Waals surface area contributed by atoms with E-state index in [1.165, 1.54) is 16.7 Å². The Morgan fingerprint density at radius 3 is 2.73 bits per heavy atom. The molecule has 0 atom stereocenters. The van der Waals surface area contributed by atoms with E-state index < -0.39 is 5.97 Å². The van der Waals surface area contributed by atoms with Gasteiger partial charge in [0.2, 0.25) is 0 Å². The van der Waals surface area contributed by atoms with Crippen LogP contribution in [-0.4, -0.2) is 25.6 Å². The predicted molar refractivity (Wildman–Crippen MR) is 55.7 cm³/mol. The highest BCUT2D eigenvalue weighted by atomic mass is 32.1. The highest BCUT2D eigenvalue weighted by Gasteiger charge is 2.11. The van der Waals surface area contributed by atoms with Gasteiger partial charge in [-0.1, -0.05) is 0 Å². The molecule has 2 aromatic rings. The predicted octanol–water partition coefficient (Wildman–Crippen LogP) is 1.64. The zero-order chi connectivity index (χ0) is 11.0. The third-order valence-electron chi connectivity index (χ3n) is 2.17. The van der Waals surface area contributed by atoms with Gasteiger partial charge in [-0.25, -0.2) is 14.8 Å². The SMILES string of the molecule is Cc1ncn(-c2nc(C(=O)O)cs2)c1C. The monoisotopic (exact) mass is 223 g/mol. The zero-order valence-corrected chi connectivity index (χ0v) is 9.08. The number of aryl methyl sites for hydroxylation is 1. The Morgan fingerprint density at radius 1 is 1.53 bits per heavy atom. The van der Waals surface area contributed by atoms with Crippen molar-refractivity contribution in [3.63, 3.8) is 0 Å². The standard InChI is InChI=1S/C9H9N3O2S/c1-5-6(2)12(4-10-5)9-11-7(3-15-9)8(13)14/h3-4H,1-2H3,(H,13,14). The van der Waals surface area contributed by atoms with Crippen LogP contribution >= 0.6 is 11.3 Å². The molecule has 2 aromatic heterocycles. The lowest BCUT2D eigenvalue weighted by Gasteiger charge is -1.98. The van der Waals surface area contributed by atoms with E-state index in [-0.39, 0.29) is 5.69 Å². The van der Waals surface area contributed by atoms with Gasteiger partial charge in [-0.05, 0) is 13.8 Å². The molecule has 5 nitrogen and oxygen atoms in total. The van der Waals surface area contributed by atoms with Crippen molar-refractivity contribution in [2.75, 3.05) is 0 Å².